The summed E-state index contributed by atoms with van der Waals surface area (Å²) >= 11 is 0. The van der Waals surface area contributed by atoms with E-state index >= 15 is 0 Å². The van der Waals surface area contributed by atoms with Crippen LogP contribution in [0.15, 0.2) is 18.2 Å². The summed E-state index contributed by atoms with van der Waals surface area (Å²) in [7, 11) is 0. The molecule has 6 nitrogen and oxygen atoms in total. The Hall–Kier alpha value is -2.08. The third kappa shape index (κ3) is 2.71. The number of hydrogen-bond acceptors (Lipinski definition) is 4. The lowest BCUT2D eigenvalue weighted by Gasteiger charge is -2.31. The van der Waals surface area contributed by atoms with Crippen molar-refractivity contribution in [1.82, 2.24) is 0 Å². The summed E-state index contributed by atoms with van der Waals surface area (Å²) in [5, 5.41) is 5.59. The number of rotatable bonds is 2. The van der Waals surface area contributed by atoms with E-state index in [-0.39, 0.29) is 17.9 Å². The molecule has 6 heteroatoms. The normalized spacial score (nSPS) is 23.0. The van der Waals surface area contributed by atoms with Crippen LogP contribution in [0.3, 0.4) is 0 Å². The average molecular weight is 290 g/mol. The summed E-state index contributed by atoms with van der Waals surface area (Å²) in [5.74, 6) is 0.225. The van der Waals surface area contributed by atoms with Gasteiger partial charge in [0.25, 0.3) is 11.8 Å². The molecule has 0 aliphatic carbocycles. The maximum atomic E-state index is 12.0. The number of hydrogen-bond donors (Lipinski definition) is 2. The minimum Gasteiger partial charge on any atom is -0.476 e. The van der Waals surface area contributed by atoms with Gasteiger partial charge < -0.3 is 20.1 Å². The summed E-state index contributed by atoms with van der Waals surface area (Å²) in [6.07, 6.45) is 1.26. The van der Waals surface area contributed by atoms with Crippen molar-refractivity contribution in [3.8, 4) is 5.75 Å². The first kappa shape index (κ1) is 13.9. The van der Waals surface area contributed by atoms with Crippen molar-refractivity contribution in [1.29, 1.82) is 0 Å². The average Bonchev–Trinajstić information content (AvgIpc) is 2.94. The molecule has 2 aliphatic heterocycles. The molecule has 112 valence electrons. The van der Waals surface area contributed by atoms with Gasteiger partial charge in [-0.15, -0.1) is 0 Å². The largest absolute Gasteiger partial charge is 0.476 e. The molecule has 1 fully saturated rings. The molecule has 2 N–H and O–H groups in total. The lowest BCUT2D eigenvalue weighted by Crippen LogP contribution is -2.45. The molecule has 0 bridgehead atoms. The quantitative estimate of drug-likeness (QED) is 0.872. The number of carbonyl (C=O) groups excluding carboxylic acids is 2. The summed E-state index contributed by atoms with van der Waals surface area (Å²) in [4.78, 5) is 23.9. The number of carbonyl (C=O) groups is 2. The highest BCUT2D eigenvalue weighted by Crippen LogP contribution is 2.35. The second-order valence-corrected chi connectivity index (χ2v) is 5.77. The van der Waals surface area contributed by atoms with Gasteiger partial charge in [0, 0.05) is 12.3 Å². The van der Waals surface area contributed by atoms with Crippen LogP contribution in [-0.2, 0) is 14.3 Å². The lowest BCUT2D eigenvalue weighted by atomic mass is 10.1. The van der Waals surface area contributed by atoms with Crippen molar-refractivity contribution < 1.29 is 19.1 Å². The highest BCUT2D eigenvalue weighted by Gasteiger charge is 2.35. The van der Waals surface area contributed by atoms with E-state index in [0.717, 1.165) is 12.8 Å². The first-order valence-corrected chi connectivity index (χ1v) is 7.03. The van der Waals surface area contributed by atoms with E-state index in [1.54, 1.807) is 32.0 Å². The Labute approximate surface area is 122 Å². The maximum Gasteiger partial charge on any atom is 0.268 e. The first-order valence-electron chi connectivity index (χ1n) is 7.03. The fourth-order valence-corrected chi connectivity index (χ4v) is 2.40. The van der Waals surface area contributed by atoms with Gasteiger partial charge in [0.05, 0.1) is 5.69 Å². The summed E-state index contributed by atoms with van der Waals surface area (Å²) < 4.78 is 11.0. The van der Waals surface area contributed by atoms with Crippen molar-refractivity contribution in [2.75, 3.05) is 17.2 Å². The van der Waals surface area contributed by atoms with Crippen LogP contribution in [0.1, 0.15) is 26.7 Å². The van der Waals surface area contributed by atoms with Crippen molar-refractivity contribution in [3.05, 3.63) is 18.2 Å². The SMILES string of the molecule is CC1(C)Oc2ccc(NC(=O)C3CCCO3)cc2NC1=O. The van der Waals surface area contributed by atoms with Gasteiger partial charge in [-0.05, 0) is 44.9 Å². The van der Waals surface area contributed by atoms with Crippen LogP contribution < -0.4 is 15.4 Å². The molecule has 1 aromatic carbocycles. The van der Waals surface area contributed by atoms with Crippen LogP contribution in [0, 0.1) is 0 Å². The topological polar surface area (TPSA) is 76.7 Å². The van der Waals surface area contributed by atoms with Crippen molar-refractivity contribution in [3.63, 3.8) is 0 Å². The molecule has 1 atom stereocenters. The van der Waals surface area contributed by atoms with Gasteiger partial charge in [0.15, 0.2) is 5.60 Å². The Morgan fingerprint density at radius 1 is 1.43 bits per heavy atom. The summed E-state index contributed by atoms with van der Waals surface area (Å²) in [6.45, 7) is 4.04. The minimum absolute atomic E-state index is 0.157. The van der Waals surface area contributed by atoms with Gasteiger partial charge in [-0.3, -0.25) is 9.59 Å². The molecule has 0 saturated carbocycles. The fraction of sp³-hybridized carbons (Fsp3) is 0.467. The minimum atomic E-state index is -0.893. The molecule has 0 aromatic heterocycles. The van der Waals surface area contributed by atoms with E-state index in [1.165, 1.54) is 0 Å². The molecule has 1 saturated heterocycles. The maximum absolute atomic E-state index is 12.0. The van der Waals surface area contributed by atoms with Crippen LogP contribution >= 0.6 is 0 Å². The monoisotopic (exact) mass is 290 g/mol. The van der Waals surface area contributed by atoms with E-state index in [4.69, 9.17) is 9.47 Å². The number of nitrogens with one attached hydrogen (secondary N) is 2. The van der Waals surface area contributed by atoms with E-state index < -0.39 is 5.60 Å². The van der Waals surface area contributed by atoms with Gasteiger partial charge in [0.2, 0.25) is 0 Å². The fourth-order valence-electron chi connectivity index (χ4n) is 2.40. The highest BCUT2D eigenvalue weighted by molar-refractivity contribution is 6.01. The molecule has 2 heterocycles. The Kier molecular flexibility index (Phi) is 3.33. The van der Waals surface area contributed by atoms with Gasteiger partial charge >= 0.3 is 0 Å². The second-order valence-electron chi connectivity index (χ2n) is 5.77. The first-order chi connectivity index (χ1) is 9.95. The third-order valence-electron chi connectivity index (χ3n) is 3.63. The van der Waals surface area contributed by atoms with E-state index in [0.29, 0.717) is 23.7 Å². The molecule has 2 amide bonds. The Balaban J connectivity index is 1.76. The molecule has 1 aromatic rings. The number of ether oxygens (including phenoxy) is 2. The molecule has 1 unspecified atom stereocenters. The van der Waals surface area contributed by atoms with Crippen LogP contribution in [0.2, 0.25) is 0 Å². The van der Waals surface area contributed by atoms with Gasteiger partial charge in [-0.1, -0.05) is 0 Å². The predicted molar refractivity (Wildman–Crippen MR) is 77.4 cm³/mol. The van der Waals surface area contributed by atoms with Gasteiger partial charge in [0.1, 0.15) is 11.9 Å². The number of benzene rings is 1. The molecule has 2 aliphatic rings. The molecule has 21 heavy (non-hydrogen) atoms. The zero-order chi connectivity index (χ0) is 15.0. The van der Waals surface area contributed by atoms with Crippen molar-refractivity contribution in [2.24, 2.45) is 0 Å². The van der Waals surface area contributed by atoms with E-state index in [2.05, 4.69) is 10.6 Å². The molecule has 0 radical (unpaired) electrons. The van der Waals surface area contributed by atoms with Crippen LogP contribution in [0.25, 0.3) is 0 Å². The van der Waals surface area contributed by atoms with Crippen molar-refractivity contribution >= 4 is 23.2 Å². The Morgan fingerprint density at radius 3 is 2.95 bits per heavy atom. The Morgan fingerprint density at radius 2 is 2.24 bits per heavy atom. The van der Waals surface area contributed by atoms with Crippen LogP contribution in [-0.4, -0.2) is 30.1 Å². The van der Waals surface area contributed by atoms with E-state index in [9.17, 15) is 9.59 Å². The smallest absolute Gasteiger partial charge is 0.268 e. The Bertz CT molecular complexity index is 591. The van der Waals surface area contributed by atoms with Crippen LogP contribution in [0.5, 0.6) is 5.75 Å². The number of anilines is 2. The third-order valence-corrected chi connectivity index (χ3v) is 3.63. The molecule has 0 spiro atoms. The summed E-state index contributed by atoms with van der Waals surface area (Å²) in [6, 6.07) is 5.18. The zero-order valence-electron chi connectivity index (χ0n) is 12.1. The van der Waals surface area contributed by atoms with Gasteiger partial charge in [-0.2, -0.15) is 0 Å². The highest BCUT2D eigenvalue weighted by atomic mass is 16.5. The molecule has 3 rings (SSSR count). The van der Waals surface area contributed by atoms with E-state index in [1.807, 2.05) is 0 Å². The zero-order valence-corrected chi connectivity index (χ0v) is 12.1. The predicted octanol–water partition coefficient (Wildman–Crippen LogP) is 1.91. The molecular weight excluding hydrogens is 272 g/mol. The van der Waals surface area contributed by atoms with Gasteiger partial charge in [-0.25, -0.2) is 0 Å². The number of fused-ring (bicyclic) bond motifs is 1. The lowest BCUT2D eigenvalue weighted by molar-refractivity contribution is -0.129. The summed E-state index contributed by atoms with van der Waals surface area (Å²) in [5.41, 5.74) is 0.275. The number of amides is 2. The second kappa shape index (κ2) is 5.04. The van der Waals surface area contributed by atoms with Crippen molar-refractivity contribution in [2.45, 2.75) is 38.4 Å². The van der Waals surface area contributed by atoms with Crippen LogP contribution in [0.4, 0.5) is 11.4 Å². The molecular formula is C15H18N2O4. The standard InChI is InChI=1S/C15H18N2O4/c1-15(2)14(19)17-10-8-9(5-6-11(10)21-15)16-13(18)12-4-3-7-20-12/h5-6,8,12H,3-4,7H2,1-2H3,(H,16,18)(H,17,19).